The number of rotatable bonds is 6. The van der Waals surface area contributed by atoms with Crippen LogP contribution in [0.4, 0.5) is 5.69 Å². The van der Waals surface area contributed by atoms with Crippen LogP contribution in [0.3, 0.4) is 0 Å². The minimum Gasteiger partial charge on any atom is -0.459 e. The molecule has 4 rings (SSSR count). The number of amides is 2. The normalized spacial score (nSPS) is 10.6. The predicted octanol–water partition coefficient (Wildman–Crippen LogP) is 4.41. The van der Waals surface area contributed by atoms with Crippen LogP contribution in [0.15, 0.2) is 88.2 Å². The van der Waals surface area contributed by atoms with Gasteiger partial charge in [0.1, 0.15) is 0 Å². The first-order valence-corrected chi connectivity index (χ1v) is 9.90. The third-order valence-electron chi connectivity index (χ3n) is 4.33. The Hall–Kier alpha value is -3.65. The van der Waals surface area contributed by atoms with Gasteiger partial charge >= 0.3 is 0 Å². The second-order valence-electron chi connectivity index (χ2n) is 6.46. The van der Waals surface area contributed by atoms with E-state index in [9.17, 15) is 9.59 Å². The average molecular weight is 465 g/mol. The first-order chi connectivity index (χ1) is 14.6. The first kappa shape index (κ1) is 19.7. The molecule has 2 N–H and O–H groups in total. The van der Waals surface area contributed by atoms with E-state index in [-0.39, 0.29) is 17.6 Å². The molecular formula is C22H17BrN4O3. The van der Waals surface area contributed by atoms with E-state index in [0.29, 0.717) is 17.8 Å². The SMILES string of the molecule is O=C(NCc1cccc(NC(=O)c2ccco2)c1)c1ccc(-n2cc(Br)cn2)cc1. The molecule has 0 atom stereocenters. The van der Waals surface area contributed by atoms with Crippen molar-refractivity contribution in [3.63, 3.8) is 0 Å². The van der Waals surface area contributed by atoms with Crippen molar-refractivity contribution in [3.8, 4) is 5.69 Å². The highest BCUT2D eigenvalue weighted by atomic mass is 79.9. The van der Waals surface area contributed by atoms with E-state index in [4.69, 9.17) is 4.42 Å². The third-order valence-corrected chi connectivity index (χ3v) is 4.74. The van der Waals surface area contributed by atoms with Gasteiger partial charge in [-0.1, -0.05) is 12.1 Å². The fraction of sp³-hybridized carbons (Fsp3) is 0.0455. The molecule has 0 saturated heterocycles. The van der Waals surface area contributed by atoms with Gasteiger partial charge < -0.3 is 15.1 Å². The highest BCUT2D eigenvalue weighted by molar-refractivity contribution is 9.10. The lowest BCUT2D eigenvalue weighted by Gasteiger charge is -2.09. The maximum atomic E-state index is 12.5. The monoisotopic (exact) mass is 464 g/mol. The van der Waals surface area contributed by atoms with Gasteiger partial charge in [0.15, 0.2) is 5.76 Å². The molecule has 0 saturated carbocycles. The molecular weight excluding hydrogens is 448 g/mol. The van der Waals surface area contributed by atoms with E-state index in [1.165, 1.54) is 6.26 Å². The topological polar surface area (TPSA) is 89.2 Å². The maximum Gasteiger partial charge on any atom is 0.291 e. The molecule has 0 bridgehead atoms. The molecule has 0 fully saturated rings. The van der Waals surface area contributed by atoms with Crippen molar-refractivity contribution < 1.29 is 14.0 Å². The Balaban J connectivity index is 1.36. The molecule has 30 heavy (non-hydrogen) atoms. The zero-order valence-electron chi connectivity index (χ0n) is 15.7. The summed E-state index contributed by atoms with van der Waals surface area (Å²) in [6, 6.07) is 17.7. The summed E-state index contributed by atoms with van der Waals surface area (Å²) >= 11 is 3.36. The van der Waals surface area contributed by atoms with Crippen LogP contribution in [0.25, 0.3) is 5.69 Å². The van der Waals surface area contributed by atoms with Crippen molar-refractivity contribution in [1.82, 2.24) is 15.1 Å². The summed E-state index contributed by atoms with van der Waals surface area (Å²) < 4.78 is 7.68. The summed E-state index contributed by atoms with van der Waals surface area (Å²) in [5.74, 6) is -0.279. The van der Waals surface area contributed by atoms with Gasteiger partial charge in [0.05, 0.1) is 22.6 Å². The summed E-state index contributed by atoms with van der Waals surface area (Å²) in [6.45, 7) is 0.331. The number of carbonyl (C=O) groups excluding carboxylic acids is 2. The van der Waals surface area contributed by atoms with Gasteiger partial charge in [-0.2, -0.15) is 5.10 Å². The molecule has 0 aliphatic rings. The van der Waals surface area contributed by atoms with Crippen molar-refractivity contribution in [2.24, 2.45) is 0 Å². The zero-order chi connectivity index (χ0) is 20.9. The molecule has 0 radical (unpaired) electrons. The molecule has 2 amide bonds. The summed E-state index contributed by atoms with van der Waals surface area (Å²) in [5.41, 5.74) is 2.89. The van der Waals surface area contributed by atoms with E-state index < -0.39 is 0 Å². The lowest BCUT2D eigenvalue weighted by molar-refractivity contribution is 0.0949. The standard InChI is InChI=1S/C22H17BrN4O3/c23-17-13-25-27(14-17)19-8-6-16(7-9-19)21(28)24-12-15-3-1-4-18(11-15)26-22(29)20-5-2-10-30-20/h1-11,13-14H,12H2,(H,24,28)(H,26,29). The number of halogens is 1. The molecule has 0 aliphatic carbocycles. The number of nitrogens with zero attached hydrogens (tertiary/aromatic N) is 2. The molecule has 150 valence electrons. The van der Waals surface area contributed by atoms with Crippen molar-refractivity contribution in [3.05, 3.63) is 101 Å². The summed E-state index contributed by atoms with van der Waals surface area (Å²) in [6.07, 6.45) is 4.99. The molecule has 0 unspecified atom stereocenters. The van der Waals surface area contributed by atoms with Crippen LogP contribution < -0.4 is 10.6 Å². The number of benzene rings is 2. The highest BCUT2D eigenvalue weighted by Crippen LogP contribution is 2.15. The Kier molecular flexibility index (Phi) is 5.76. The predicted molar refractivity (Wildman–Crippen MR) is 116 cm³/mol. The van der Waals surface area contributed by atoms with Crippen molar-refractivity contribution in [2.75, 3.05) is 5.32 Å². The minimum absolute atomic E-state index is 0.187. The Morgan fingerprint density at radius 3 is 2.57 bits per heavy atom. The summed E-state index contributed by atoms with van der Waals surface area (Å²) in [5, 5.41) is 9.87. The number of hydrogen-bond donors (Lipinski definition) is 2. The first-order valence-electron chi connectivity index (χ1n) is 9.11. The Bertz CT molecular complexity index is 1170. The molecule has 4 aromatic rings. The third kappa shape index (κ3) is 4.66. The molecule has 2 aromatic carbocycles. The van der Waals surface area contributed by atoms with Crippen LogP contribution in [-0.4, -0.2) is 21.6 Å². The number of nitrogens with one attached hydrogen (secondary N) is 2. The molecule has 0 aliphatic heterocycles. The van der Waals surface area contributed by atoms with E-state index in [0.717, 1.165) is 15.7 Å². The number of anilines is 1. The van der Waals surface area contributed by atoms with Gasteiger partial charge in [-0.25, -0.2) is 4.68 Å². The quantitative estimate of drug-likeness (QED) is 0.442. The van der Waals surface area contributed by atoms with Crippen molar-refractivity contribution >= 4 is 33.4 Å². The van der Waals surface area contributed by atoms with E-state index in [1.807, 2.05) is 30.5 Å². The smallest absolute Gasteiger partial charge is 0.291 e. The van der Waals surface area contributed by atoms with Gasteiger partial charge in [0.2, 0.25) is 0 Å². The van der Waals surface area contributed by atoms with Crippen LogP contribution in [0, 0.1) is 0 Å². The van der Waals surface area contributed by atoms with Gasteiger partial charge in [-0.15, -0.1) is 0 Å². The molecule has 2 aromatic heterocycles. The zero-order valence-corrected chi connectivity index (χ0v) is 17.3. The largest absolute Gasteiger partial charge is 0.459 e. The minimum atomic E-state index is -0.328. The van der Waals surface area contributed by atoms with Crippen molar-refractivity contribution in [1.29, 1.82) is 0 Å². The fourth-order valence-electron chi connectivity index (χ4n) is 2.85. The number of furan rings is 1. The van der Waals surface area contributed by atoms with E-state index >= 15 is 0 Å². The van der Waals surface area contributed by atoms with Crippen molar-refractivity contribution in [2.45, 2.75) is 6.54 Å². The molecule has 7 nitrogen and oxygen atoms in total. The van der Waals surface area contributed by atoms with Crippen LogP contribution >= 0.6 is 15.9 Å². The Morgan fingerprint density at radius 2 is 1.87 bits per heavy atom. The Morgan fingerprint density at radius 1 is 1.03 bits per heavy atom. The van der Waals surface area contributed by atoms with Gasteiger partial charge in [-0.05, 0) is 70.0 Å². The second kappa shape index (κ2) is 8.79. The van der Waals surface area contributed by atoms with Crippen LogP contribution in [-0.2, 0) is 6.54 Å². The van der Waals surface area contributed by atoms with Gasteiger partial charge in [-0.3, -0.25) is 9.59 Å². The lowest BCUT2D eigenvalue weighted by atomic mass is 10.1. The van der Waals surface area contributed by atoms with Crippen LogP contribution in [0.2, 0.25) is 0 Å². The maximum absolute atomic E-state index is 12.5. The molecule has 2 heterocycles. The average Bonchev–Trinajstić information content (AvgIpc) is 3.44. The highest BCUT2D eigenvalue weighted by Gasteiger charge is 2.10. The number of hydrogen-bond acceptors (Lipinski definition) is 4. The van der Waals surface area contributed by atoms with E-state index in [2.05, 4.69) is 31.7 Å². The molecule has 0 spiro atoms. The van der Waals surface area contributed by atoms with Gasteiger partial charge in [0, 0.05) is 24.0 Å². The lowest BCUT2D eigenvalue weighted by Crippen LogP contribution is -2.22. The van der Waals surface area contributed by atoms with E-state index in [1.54, 1.807) is 47.3 Å². The summed E-state index contributed by atoms with van der Waals surface area (Å²) in [7, 11) is 0. The summed E-state index contributed by atoms with van der Waals surface area (Å²) in [4.78, 5) is 24.6. The Labute approximate surface area is 180 Å². The fourth-order valence-corrected chi connectivity index (χ4v) is 3.14. The van der Waals surface area contributed by atoms with Crippen LogP contribution in [0.1, 0.15) is 26.5 Å². The second-order valence-corrected chi connectivity index (χ2v) is 7.38. The number of carbonyl (C=O) groups is 2. The van der Waals surface area contributed by atoms with Gasteiger partial charge in [0.25, 0.3) is 11.8 Å². The van der Waals surface area contributed by atoms with Crippen LogP contribution in [0.5, 0.6) is 0 Å². The molecule has 8 heteroatoms. The number of aromatic nitrogens is 2.